The molecule has 0 radical (unpaired) electrons. The van der Waals surface area contributed by atoms with E-state index in [4.69, 9.17) is 11.6 Å². The van der Waals surface area contributed by atoms with E-state index in [1.807, 2.05) is 0 Å². The topological polar surface area (TPSA) is 30.7 Å². The summed E-state index contributed by atoms with van der Waals surface area (Å²) in [7, 11) is 1.60. The van der Waals surface area contributed by atoms with Crippen LogP contribution < -0.4 is 0 Å². The third-order valence-corrected chi connectivity index (χ3v) is 2.57. The summed E-state index contributed by atoms with van der Waals surface area (Å²) in [4.78, 5) is 0. The molecule has 0 aliphatic carbocycles. The van der Waals surface area contributed by atoms with Crippen LogP contribution >= 0.6 is 11.6 Å². The monoisotopic (exact) mass is 261 g/mol. The van der Waals surface area contributed by atoms with Gasteiger partial charge in [-0.25, -0.2) is 13.2 Å². The molecule has 0 spiro atoms. The van der Waals surface area contributed by atoms with Gasteiger partial charge in [0.05, 0.1) is 5.88 Å². The maximum absolute atomic E-state index is 13.0. The largest absolute Gasteiger partial charge is 0.313 e. The van der Waals surface area contributed by atoms with Crippen LogP contribution in [0.2, 0.25) is 0 Å². The van der Waals surface area contributed by atoms with Gasteiger partial charge in [0.15, 0.2) is 23.3 Å². The summed E-state index contributed by atoms with van der Waals surface area (Å²) in [5.41, 5.74) is 0.104. The van der Waals surface area contributed by atoms with Crippen molar-refractivity contribution in [1.82, 2.24) is 14.8 Å². The smallest absolute Gasteiger partial charge is 0.194 e. The highest BCUT2D eigenvalue weighted by atomic mass is 35.5. The molecule has 0 unspecified atom stereocenters. The third kappa shape index (κ3) is 2.00. The van der Waals surface area contributed by atoms with Gasteiger partial charge in [-0.3, -0.25) is 0 Å². The van der Waals surface area contributed by atoms with E-state index in [9.17, 15) is 13.2 Å². The van der Waals surface area contributed by atoms with Crippen molar-refractivity contribution in [2.75, 3.05) is 0 Å². The Labute approximate surface area is 99.8 Å². The van der Waals surface area contributed by atoms with Crippen molar-refractivity contribution >= 4 is 11.6 Å². The van der Waals surface area contributed by atoms with Crippen LogP contribution in [0.5, 0.6) is 0 Å². The molecule has 1 heterocycles. The number of rotatable bonds is 2. The molecule has 1 aromatic heterocycles. The number of hydrogen-bond donors (Lipinski definition) is 0. The second-order valence-electron chi connectivity index (χ2n) is 3.39. The van der Waals surface area contributed by atoms with E-state index in [-0.39, 0.29) is 17.3 Å². The van der Waals surface area contributed by atoms with Crippen LogP contribution in [0.15, 0.2) is 12.1 Å². The normalized spacial score (nSPS) is 10.9. The molecular weight excluding hydrogens is 255 g/mol. The SMILES string of the molecule is Cn1c(CCl)nnc1-c1cc(F)c(F)c(F)c1. The molecule has 0 saturated heterocycles. The Kier molecular flexibility index (Phi) is 3.06. The molecule has 0 atom stereocenters. The number of nitrogens with zero attached hydrogens (tertiary/aromatic N) is 3. The number of benzene rings is 1. The van der Waals surface area contributed by atoms with E-state index in [1.54, 1.807) is 7.05 Å². The highest BCUT2D eigenvalue weighted by molar-refractivity contribution is 6.16. The zero-order chi connectivity index (χ0) is 12.6. The third-order valence-electron chi connectivity index (χ3n) is 2.33. The number of aromatic nitrogens is 3. The van der Waals surface area contributed by atoms with Gasteiger partial charge in [0.1, 0.15) is 5.82 Å². The average Bonchev–Trinajstić information content (AvgIpc) is 2.66. The molecule has 0 N–H and O–H groups in total. The summed E-state index contributed by atoms with van der Waals surface area (Å²) in [5.74, 6) is -3.25. The molecular formula is C10H7ClF3N3. The van der Waals surface area contributed by atoms with Crippen molar-refractivity contribution in [2.45, 2.75) is 5.88 Å². The van der Waals surface area contributed by atoms with Crippen LogP contribution in [-0.4, -0.2) is 14.8 Å². The van der Waals surface area contributed by atoms with Crippen LogP contribution in [0.1, 0.15) is 5.82 Å². The van der Waals surface area contributed by atoms with Crippen molar-refractivity contribution in [2.24, 2.45) is 7.05 Å². The zero-order valence-electron chi connectivity index (χ0n) is 8.72. The molecule has 2 aromatic rings. The molecule has 3 nitrogen and oxygen atoms in total. The second-order valence-corrected chi connectivity index (χ2v) is 3.65. The Hall–Kier alpha value is -1.56. The first-order valence-corrected chi connectivity index (χ1v) is 5.17. The van der Waals surface area contributed by atoms with Crippen molar-refractivity contribution in [3.63, 3.8) is 0 Å². The average molecular weight is 262 g/mol. The summed E-state index contributed by atoms with van der Waals surface area (Å²) in [6, 6.07) is 1.72. The molecule has 7 heteroatoms. The molecule has 90 valence electrons. The first-order valence-electron chi connectivity index (χ1n) is 4.63. The molecule has 17 heavy (non-hydrogen) atoms. The molecule has 1 aromatic carbocycles. The van der Waals surface area contributed by atoms with Crippen molar-refractivity contribution in [1.29, 1.82) is 0 Å². The van der Waals surface area contributed by atoms with Crippen LogP contribution in [0.25, 0.3) is 11.4 Å². The number of halogens is 4. The van der Waals surface area contributed by atoms with Gasteiger partial charge in [0, 0.05) is 12.6 Å². The minimum Gasteiger partial charge on any atom is -0.313 e. The fraction of sp³-hybridized carbons (Fsp3) is 0.200. The molecule has 2 rings (SSSR count). The van der Waals surface area contributed by atoms with Gasteiger partial charge < -0.3 is 4.57 Å². The Morgan fingerprint density at radius 3 is 2.24 bits per heavy atom. The van der Waals surface area contributed by atoms with Crippen molar-refractivity contribution in [3.8, 4) is 11.4 Å². The van der Waals surface area contributed by atoms with E-state index in [1.165, 1.54) is 4.57 Å². The van der Waals surface area contributed by atoms with Gasteiger partial charge in [-0.05, 0) is 12.1 Å². The number of hydrogen-bond acceptors (Lipinski definition) is 2. The first-order chi connectivity index (χ1) is 8.04. The Morgan fingerprint density at radius 1 is 1.18 bits per heavy atom. The lowest BCUT2D eigenvalue weighted by Gasteiger charge is -2.03. The quantitative estimate of drug-likeness (QED) is 0.615. The van der Waals surface area contributed by atoms with E-state index in [2.05, 4.69) is 10.2 Å². The molecule has 0 amide bonds. The maximum Gasteiger partial charge on any atom is 0.194 e. The van der Waals surface area contributed by atoms with Crippen molar-refractivity contribution in [3.05, 3.63) is 35.4 Å². The number of alkyl halides is 1. The molecule has 0 bridgehead atoms. The predicted octanol–water partition coefficient (Wildman–Crippen LogP) is 2.64. The zero-order valence-corrected chi connectivity index (χ0v) is 9.47. The molecule has 0 saturated carbocycles. The summed E-state index contributed by atoms with van der Waals surface area (Å²) in [5, 5.41) is 7.48. The maximum atomic E-state index is 13.0. The van der Waals surface area contributed by atoms with Gasteiger partial charge in [-0.1, -0.05) is 0 Å². The summed E-state index contributed by atoms with van der Waals surface area (Å²) in [6.45, 7) is 0. The lowest BCUT2D eigenvalue weighted by Crippen LogP contribution is -1.99. The Balaban J connectivity index is 2.57. The van der Waals surface area contributed by atoms with Crippen LogP contribution in [0.4, 0.5) is 13.2 Å². The lowest BCUT2D eigenvalue weighted by atomic mass is 10.2. The fourth-order valence-electron chi connectivity index (χ4n) is 1.41. The van der Waals surface area contributed by atoms with Gasteiger partial charge in [0.2, 0.25) is 0 Å². The van der Waals surface area contributed by atoms with E-state index >= 15 is 0 Å². The predicted molar refractivity (Wildman–Crippen MR) is 55.9 cm³/mol. The highest BCUT2D eigenvalue weighted by Gasteiger charge is 2.16. The van der Waals surface area contributed by atoms with Gasteiger partial charge in [-0.15, -0.1) is 21.8 Å². The molecule has 0 fully saturated rings. The van der Waals surface area contributed by atoms with E-state index in [0.717, 1.165) is 12.1 Å². The standard InChI is InChI=1S/C10H7ClF3N3/c1-17-8(4-11)15-16-10(17)5-2-6(12)9(14)7(13)3-5/h2-3H,4H2,1H3. The van der Waals surface area contributed by atoms with E-state index in [0.29, 0.717) is 5.82 Å². The highest BCUT2D eigenvalue weighted by Crippen LogP contribution is 2.22. The second kappa shape index (κ2) is 4.37. The Bertz CT molecular complexity index is 545. The van der Waals surface area contributed by atoms with Crippen LogP contribution in [0.3, 0.4) is 0 Å². The lowest BCUT2D eigenvalue weighted by molar-refractivity contribution is 0.447. The van der Waals surface area contributed by atoms with Crippen molar-refractivity contribution < 1.29 is 13.2 Å². The first kappa shape index (κ1) is 11.9. The van der Waals surface area contributed by atoms with Gasteiger partial charge in [-0.2, -0.15) is 0 Å². The fourth-order valence-corrected chi connectivity index (χ4v) is 1.65. The molecule has 0 aliphatic rings. The summed E-state index contributed by atoms with van der Waals surface area (Å²) >= 11 is 5.59. The minimum absolute atomic E-state index is 0.104. The van der Waals surface area contributed by atoms with Crippen LogP contribution in [-0.2, 0) is 12.9 Å². The minimum atomic E-state index is -1.51. The van der Waals surface area contributed by atoms with E-state index < -0.39 is 17.5 Å². The summed E-state index contributed by atoms with van der Waals surface area (Å²) in [6.07, 6.45) is 0. The Morgan fingerprint density at radius 2 is 1.76 bits per heavy atom. The van der Waals surface area contributed by atoms with Crippen LogP contribution in [0, 0.1) is 17.5 Å². The molecule has 0 aliphatic heterocycles. The summed E-state index contributed by atoms with van der Waals surface area (Å²) < 4.78 is 40.4. The van der Waals surface area contributed by atoms with Gasteiger partial charge >= 0.3 is 0 Å². The van der Waals surface area contributed by atoms with Gasteiger partial charge in [0.25, 0.3) is 0 Å².